The van der Waals surface area contributed by atoms with Gasteiger partial charge in [0, 0.05) is 14.2 Å². The van der Waals surface area contributed by atoms with Crippen molar-refractivity contribution in [2.75, 3.05) is 21.3 Å². The predicted octanol–water partition coefficient (Wildman–Crippen LogP) is 0.602. The van der Waals surface area contributed by atoms with Gasteiger partial charge in [-0.1, -0.05) is 11.8 Å². The van der Waals surface area contributed by atoms with Crippen molar-refractivity contribution >= 4 is 9.52 Å². The summed E-state index contributed by atoms with van der Waals surface area (Å²) in [5.41, 5.74) is 1.68. The summed E-state index contributed by atoms with van der Waals surface area (Å²) >= 11 is 0. The SMILES string of the molecule is COOC(C)(C)C=C[SiH2]C(OC)OC. The molecule has 0 heterocycles. The zero-order valence-electron chi connectivity index (χ0n) is 9.57. The van der Waals surface area contributed by atoms with E-state index < -0.39 is 15.1 Å². The van der Waals surface area contributed by atoms with Gasteiger partial charge in [-0.25, -0.2) is 9.78 Å². The van der Waals surface area contributed by atoms with E-state index in [2.05, 4.69) is 10.6 Å². The zero-order valence-corrected chi connectivity index (χ0v) is 11.0. The average Bonchev–Trinajstić information content (AvgIpc) is 2.12. The molecule has 0 saturated carbocycles. The molecule has 4 nitrogen and oxygen atoms in total. The van der Waals surface area contributed by atoms with E-state index in [0.29, 0.717) is 0 Å². The molecule has 0 radical (unpaired) electrons. The van der Waals surface area contributed by atoms with Gasteiger partial charge in [0.15, 0.2) is 0 Å². The molecule has 0 aromatic carbocycles. The quantitative estimate of drug-likeness (QED) is 0.272. The van der Waals surface area contributed by atoms with Crippen molar-refractivity contribution in [2.24, 2.45) is 0 Å². The Bertz CT molecular complexity index is 166. The minimum atomic E-state index is -0.532. The second-order valence-corrected chi connectivity index (χ2v) is 5.00. The van der Waals surface area contributed by atoms with Crippen molar-refractivity contribution < 1.29 is 19.2 Å². The molecule has 84 valence electrons. The van der Waals surface area contributed by atoms with E-state index >= 15 is 0 Å². The summed E-state index contributed by atoms with van der Waals surface area (Å²) < 4.78 is 10.2. The van der Waals surface area contributed by atoms with Gasteiger partial charge in [0.1, 0.15) is 21.0 Å². The molecule has 0 unspecified atom stereocenters. The first-order chi connectivity index (χ1) is 6.55. The van der Waals surface area contributed by atoms with Gasteiger partial charge in [0.2, 0.25) is 0 Å². The number of ether oxygens (including phenoxy) is 2. The lowest BCUT2D eigenvalue weighted by atomic mass is 10.1. The van der Waals surface area contributed by atoms with E-state index in [-0.39, 0.29) is 5.91 Å². The van der Waals surface area contributed by atoms with Crippen LogP contribution >= 0.6 is 0 Å². The van der Waals surface area contributed by atoms with Crippen LogP contribution in [0.25, 0.3) is 0 Å². The zero-order chi connectivity index (χ0) is 11.0. The van der Waals surface area contributed by atoms with Crippen LogP contribution in [0.5, 0.6) is 0 Å². The summed E-state index contributed by atoms with van der Waals surface area (Å²) in [7, 11) is 4.26. The van der Waals surface area contributed by atoms with E-state index in [1.54, 1.807) is 14.2 Å². The third kappa shape index (κ3) is 6.28. The monoisotopic (exact) mass is 220 g/mol. The van der Waals surface area contributed by atoms with Crippen LogP contribution in [-0.4, -0.2) is 42.4 Å². The molecule has 0 atom stereocenters. The lowest BCUT2D eigenvalue weighted by molar-refractivity contribution is -0.321. The fourth-order valence-corrected chi connectivity index (χ4v) is 2.31. The lowest BCUT2D eigenvalue weighted by Gasteiger charge is -2.18. The first-order valence-electron chi connectivity index (χ1n) is 4.51. The molecule has 0 fully saturated rings. The van der Waals surface area contributed by atoms with Crippen molar-refractivity contribution in [2.45, 2.75) is 25.4 Å². The standard InChI is InChI=1S/C9H20O4Si/c1-9(2,13-12-5)6-7-14-8(10-3)11-4/h6-8H,14H2,1-5H3. The Hall–Kier alpha value is -0.203. The molecule has 0 rings (SSSR count). The molecule has 0 spiro atoms. The van der Waals surface area contributed by atoms with Gasteiger partial charge in [-0.3, -0.25) is 0 Å². The van der Waals surface area contributed by atoms with Crippen LogP contribution in [0.2, 0.25) is 0 Å². The van der Waals surface area contributed by atoms with Gasteiger partial charge in [-0.15, -0.1) is 0 Å². The fourth-order valence-electron chi connectivity index (χ4n) is 0.994. The molecule has 0 aliphatic heterocycles. The molecule has 0 amide bonds. The van der Waals surface area contributed by atoms with E-state index in [1.165, 1.54) is 7.11 Å². The predicted molar refractivity (Wildman–Crippen MR) is 57.7 cm³/mol. The first-order valence-corrected chi connectivity index (χ1v) is 6.14. The van der Waals surface area contributed by atoms with Gasteiger partial charge in [-0.2, -0.15) is 0 Å². The van der Waals surface area contributed by atoms with Crippen molar-refractivity contribution in [3.63, 3.8) is 0 Å². The molecule has 0 aromatic rings. The molecule has 5 heteroatoms. The van der Waals surface area contributed by atoms with Gasteiger partial charge >= 0.3 is 0 Å². The number of rotatable bonds is 7. The van der Waals surface area contributed by atoms with E-state index in [1.807, 2.05) is 19.9 Å². The van der Waals surface area contributed by atoms with E-state index in [0.717, 1.165) is 0 Å². The van der Waals surface area contributed by atoms with Crippen LogP contribution in [0, 0.1) is 0 Å². The Labute approximate surface area is 87.9 Å². The molecule has 0 saturated heterocycles. The van der Waals surface area contributed by atoms with Gasteiger partial charge in [-0.05, 0) is 13.8 Å². The average molecular weight is 220 g/mol. The normalized spacial score (nSPS) is 13.9. The van der Waals surface area contributed by atoms with Gasteiger partial charge < -0.3 is 9.47 Å². The Morgan fingerprint density at radius 1 is 1.14 bits per heavy atom. The lowest BCUT2D eigenvalue weighted by Crippen LogP contribution is -2.23. The summed E-state index contributed by atoms with van der Waals surface area (Å²) in [6.45, 7) is 3.85. The van der Waals surface area contributed by atoms with Gasteiger partial charge in [0.25, 0.3) is 0 Å². The third-order valence-corrected chi connectivity index (χ3v) is 3.23. The van der Waals surface area contributed by atoms with Crippen LogP contribution in [-0.2, 0) is 19.2 Å². The second-order valence-electron chi connectivity index (χ2n) is 3.39. The second kappa shape index (κ2) is 7.14. The Morgan fingerprint density at radius 3 is 2.14 bits per heavy atom. The maximum absolute atomic E-state index is 5.09. The first kappa shape index (κ1) is 13.8. The fraction of sp³-hybridized carbons (Fsp3) is 0.778. The van der Waals surface area contributed by atoms with Crippen LogP contribution in [0.4, 0.5) is 0 Å². The van der Waals surface area contributed by atoms with Gasteiger partial charge in [0.05, 0.1) is 7.11 Å². The highest BCUT2D eigenvalue weighted by Gasteiger charge is 2.14. The number of hydrogen-bond acceptors (Lipinski definition) is 4. The molecule has 0 aromatic heterocycles. The summed E-state index contributed by atoms with van der Waals surface area (Å²) in [6.07, 6.45) is 1.97. The molecule has 14 heavy (non-hydrogen) atoms. The molecular weight excluding hydrogens is 200 g/mol. The Balaban J connectivity index is 3.91. The molecular formula is C9H20O4Si. The summed E-state index contributed by atoms with van der Waals surface area (Å²) in [6, 6.07) is 0. The molecule has 0 aliphatic carbocycles. The molecule has 0 aliphatic rings. The summed E-state index contributed by atoms with van der Waals surface area (Å²) in [4.78, 5) is 9.65. The van der Waals surface area contributed by atoms with Crippen LogP contribution in [0.3, 0.4) is 0 Å². The van der Waals surface area contributed by atoms with Crippen molar-refractivity contribution in [3.05, 3.63) is 11.8 Å². The minimum absolute atomic E-state index is 0.0652. The third-order valence-electron chi connectivity index (χ3n) is 1.67. The van der Waals surface area contributed by atoms with Crippen LogP contribution < -0.4 is 0 Å². The molecule has 0 N–H and O–H groups in total. The number of methoxy groups -OCH3 is 2. The van der Waals surface area contributed by atoms with Crippen LogP contribution in [0.1, 0.15) is 13.8 Å². The maximum Gasteiger partial charge on any atom is 0.138 e. The summed E-state index contributed by atoms with van der Waals surface area (Å²) in [5, 5.41) is 0. The highest BCUT2D eigenvalue weighted by Crippen LogP contribution is 2.10. The maximum atomic E-state index is 5.09. The van der Waals surface area contributed by atoms with Crippen molar-refractivity contribution in [1.82, 2.24) is 0 Å². The van der Waals surface area contributed by atoms with Crippen molar-refractivity contribution in [3.8, 4) is 0 Å². The largest absolute Gasteiger partial charge is 0.360 e. The van der Waals surface area contributed by atoms with E-state index in [9.17, 15) is 0 Å². The molecule has 0 bridgehead atoms. The number of hydrogen-bond donors (Lipinski definition) is 0. The highest BCUT2D eigenvalue weighted by molar-refractivity contribution is 6.43. The van der Waals surface area contributed by atoms with E-state index in [4.69, 9.17) is 14.4 Å². The summed E-state index contributed by atoms with van der Waals surface area (Å²) in [5.74, 6) is -0.0652. The van der Waals surface area contributed by atoms with Crippen LogP contribution in [0.15, 0.2) is 11.8 Å². The Morgan fingerprint density at radius 2 is 1.71 bits per heavy atom. The minimum Gasteiger partial charge on any atom is -0.360 e. The smallest absolute Gasteiger partial charge is 0.138 e. The highest BCUT2D eigenvalue weighted by atomic mass is 28.2. The van der Waals surface area contributed by atoms with Crippen molar-refractivity contribution in [1.29, 1.82) is 0 Å². The Kier molecular flexibility index (Phi) is 7.03. The topological polar surface area (TPSA) is 36.9 Å².